The zero-order valence-corrected chi connectivity index (χ0v) is 16.7. The second-order valence-corrected chi connectivity index (χ2v) is 7.44. The van der Waals surface area contributed by atoms with Crippen LogP contribution >= 0.6 is 0 Å². The lowest BCUT2D eigenvalue weighted by Gasteiger charge is -2.21. The van der Waals surface area contributed by atoms with Gasteiger partial charge in [-0.1, -0.05) is 23.8 Å². The minimum absolute atomic E-state index is 0.122. The molecule has 0 saturated carbocycles. The Balaban J connectivity index is 1.53. The van der Waals surface area contributed by atoms with E-state index in [9.17, 15) is 9.59 Å². The van der Waals surface area contributed by atoms with Crippen molar-refractivity contribution in [2.45, 2.75) is 39.0 Å². The Morgan fingerprint density at radius 1 is 1.14 bits per heavy atom. The van der Waals surface area contributed by atoms with Gasteiger partial charge in [-0.2, -0.15) is 0 Å². The first-order valence-electron chi connectivity index (χ1n) is 10.4. The molecular formula is C24H26N2O3. The van der Waals surface area contributed by atoms with Gasteiger partial charge in [0.05, 0.1) is 11.3 Å². The van der Waals surface area contributed by atoms with Crippen molar-refractivity contribution >= 4 is 17.5 Å². The molecule has 0 atom stereocenters. The third-order valence-corrected chi connectivity index (χ3v) is 5.53. The van der Waals surface area contributed by atoms with Crippen LogP contribution in [0.5, 0.6) is 11.5 Å². The quantitative estimate of drug-likeness (QED) is 0.725. The second kappa shape index (κ2) is 8.52. The summed E-state index contributed by atoms with van der Waals surface area (Å²) >= 11 is 0. The van der Waals surface area contributed by atoms with Gasteiger partial charge in [0.25, 0.3) is 11.8 Å². The molecule has 2 aliphatic rings. The number of hydrogen-bond donors (Lipinski definition) is 1. The van der Waals surface area contributed by atoms with E-state index < -0.39 is 0 Å². The van der Waals surface area contributed by atoms with Crippen LogP contribution in [-0.4, -0.2) is 24.9 Å². The SMILES string of the molecule is CCN1C(=O)c2ccccc2Oc2ccc(C(=O)NCCC3=CCCCC3)cc21. The summed E-state index contributed by atoms with van der Waals surface area (Å²) in [5, 5.41) is 3.01. The first-order chi connectivity index (χ1) is 14.2. The molecule has 0 bridgehead atoms. The number of allylic oxidation sites excluding steroid dienone is 1. The van der Waals surface area contributed by atoms with E-state index in [1.807, 2.05) is 19.1 Å². The Bertz CT molecular complexity index is 964. The molecule has 0 spiro atoms. The highest BCUT2D eigenvalue weighted by Crippen LogP contribution is 2.39. The highest BCUT2D eigenvalue weighted by atomic mass is 16.5. The lowest BCUT2D eigenvalue weighted by Crippen LogP contribution is -2.30. The normalized spacial score (nSPS) is 15.6. The van der Waals surface area contributed by atoms with E-state index in [0.29, 0.717) is 41.4 Å². The van der Waals surface area contributed by atoms with Crippen LogP contribution in [0, 0.1) is 0 Å². The number of nitrogens with one attached hydrogen (secondary N) is 1. The average Bonchev–Trinajstić information content (AvgIpc) is 2.87. The molecule has 150 valence electrons. The molecule has 2 aromatic carbocycles. The first kappa shape index (κ1) is 19.2. The monoisotopic (exact) mass is 390 g/mol. The summed E-state index contributed by atoms with van der Waals surface area (Å²) < 4.78 is 6.00. The maximum atomic E-state index is 13.0. The summed E-state index contributed by atoms with van der Waals surface area (Å²) in [6, 6.07) is 12.5. The molecule has 2 aromatic rings. The molecule has 5 heteroatoms. The molecule has 1 aliphatic heterocycles. The van der Waals surface area contributed by atoms with Gasteiger partial charge >= 0.3 is 0 Å². The molecule has 29 heavy (non-hydrogen) atoms. The summed E-state index contributed by atoms with van der Waals surface area (Å²) in [6.07, 6.45) is 8.00. The van der Waals surface area contributed by atoms with Crippen LogP contribution in [0.1, 0.15) is 59.7 Å². The Kier molecular flexibility index (Phi) is 5.65. The summed E-state index contributed by atoms with van der Waals surface area (Å²) in [5.41, 5.74) is 3.11. The molecule has 4 rings (SSSR count). The van der Waals surface area contributed by atoms with Crippen molar-refractivity contribution < 1.29 is 14.3 Å². The number of hydrogen-bond acceptors (Lipinski definition) is 3. The molecule has 0 radical (unpaired) electrons. The fourth-order valence-corrected chi connectivity index (χ4v) is 3.95. The maximum absolute atomic E-state index is 13.0. The Morgan fingerprint density at radius 2 is 2.00 bits per heavy atom. The van der Waals surface area contributed by atoms with Gasteiger partial charge in [-0.05, 0) is 69.4 Å². The van der Waals surface area contributed by atoms with E-state index in [0.717, 1.165) is 19.3 Å². The molecule has 1 N–H and O–H groups in total. The number of ether oxygens (including phenoxy) is 1. The summed E-state index contributed by atoms with van der Waals surface area (Å²) in [5.74, 6) is 0.861. The fourth-order valence-electron chi connectivity index (χ4n) is 3.95. The maximum Gasteiger partial charge on any atom is 0.262 e. The van der Waals surface area contributed by atoms with Crippen LogP contribution in [0.3, 0.4) is 0 Å². The first-order valence-corrected chi connectivity index (χ1v) is 10.4. The number of fused-ring (bicyclic) bond motifs is 2. The summed E-state index contributed by atoms with van der Waals surface area (Å²) in [6.45, 7) is 3.03. The Hall–Kier alpha value is -3.08. The van der Waals surface area contributed by atoms with Crippen molar-refractivity contribution in [2.75, 3.05) is 18.0 Å². The van der Waals surface area contributed by atoms with Gasteiger partial charge in [0.2, 0.25) is 0 Å². The van der Waals surface area contributed by atoms with Gasteiger partial charge in [0.1, 0.15) is 5.75 Å². The number of benzene rings is 2. The number of amides is 2. The van der Waals surface area contributed by atoms with Gasteiger partial charge in [0, 0.05) is 18.7 Å². The van der Waals surface area contributed by atoms with Crippen molar-refractivity contribution in [1.82, 2.24) is 5.32 Å². The van der Waals surface area contributed by atoms with Crippen LogP contribution in [-0.2, 0) is 0 Å². The molecule has 1 heterocycles. The molecule has 5 nitrogen and oxygen atoms in total. The number of carbonyl (C=O) groups is 2. The number of rotatable bonds is 5. The van der Waals surface area contributed by atoms with E-state index in [-0.39, 0.29) is 11.8 Å². The molecule has 1 aliphatic carbocycles. The van der Waals surface area contributed by atoms with E-state index in [1.54, 1.807) is 35.2 Å². The van der Waals surface area contributed by atoms with Crippen LogP contribution < -0.4 is 15.0 Å². The number of nitrogens with zero attached hydrogens (tertiary/aromatic N) is 1. The average molecular weight is 390 g/mol. The van der Waals surface area contributed by atoms with Crippen LogP contribution in [0.25, 0.3) is 0 Å². The van der Waals surface area contributed by atoms with E-state index in [4.69, 9.17) is 4.74 Å². The van der Waals surface area contributed by atoms with Gasteiger partial charge in [0.15, 0.2) is 5.75 Å². The van der Waals surface area contributed by atoms with Crippen LogP contribution in [0.2, 0.25) is 0 Å². The predicted molar refractivity (Wildman–Crippen MR) is 114 cm³/mol. The third-order valence-electron chi connectivity index (χ3n) is 5.53. The lowest BCUT2D eigenvalue weighted by molar-refractivity contribution is 0.0951. The van der Waals surface area contributed by atoms with E-state index in [2.05, 4.69) is 11.4 Å². The van der Waals surface area contributed by atoms with E-state index in [1.165, 1.54) is 18.4 Å². The van der Waals surface area contributed by atoms with Gasteiger partial charge < -0.3 is 15.0 Å². The molecule has 0 aromatic heterocycles. The Morgan fingerprint density at radius 3 is 2.79 bits per heavy atom. The number of anilines is 1. The molecule has 0 unspecified atom stereocenters. The summed E-state index contributed by atoms with van der Waals surface area (Å²) in [7, 11) is 0. The topological polar surface area (TPSA) is 58.6 Å². The molecule has 0 fully saturated rings. The zero-order valence-electron chi connectivity index (χ0n) is 16.7. The predicted octanol–water partition coefficient (Wildman–Crippen LogP) is 5.08. The lowest BCUT2D eigenvalue weighted by atomic mass is 9.97. The highest BCUT2D eigenvalue weighted by Gasteiger charge is 2.27. The highest BCUT2D eigenvalue weighted by molar-refractivity contribution is 6.10. The van der Waals surface area contributed by atoms with Crippen molar-refractivity contribution in [1.29, 1.82) is 0 Å². The van der Waals surface area contributed by atoms with Crippen molar-refractivity contribution in [3.05, 3.63) is 65.2 Å². The molecule has 0 saturated heterocycles. The standard InChI is InChI=1S/C24H26N2O3/c1-2-26-20-16-18(23(27)25-15-14-17-8-4-3-5-9-17)12-13-22(20)29-21-11-7-6-10-19(21)24(26)28/h6-8,10-13,16H,2-5,9,14-15H2,1H3,(H,25,27). The Labute approximate surface area is 171 Å². The minimum Gasteiger partial charge on any atom is -0.454 e. The van der Waals surface area contributed by atoms with Gasteiger partial charge in [-0.25, -0.2) is 0 Å². The van der Waals surface area contributed by atoms with Gasteiger partial charge in [-0.3, -0.25) is 9.59 Å². The second-order valence-electron chi connectivity index (χ2n) is 7.44. The minimum atomic E-state index is -0.130. The van der Waals surface area contributed by atoms with Crippen LogP contribution in [0.15, 0.2) is 54.1 Å². The summed E-state index contributed by atoms with van der Waals surface area (Å²) in [4.78, 5) is 27.3. The number of para-hydroxylation sites is 1. The van der Waals surface area contributed by atoms with Gasteiger partial charge in [-0.15, -0.1) is 0 Å². The van der Waals surface area contributed by atoms with Crippen molar-refractivity contribution in [2.24, 2.45) is 0 Å². The van der Waals surface area contributed by atoms with Crippen LogP contribution in [0.4, 0.5) is 5.69 Å². The largest absolute Gasteiger partial charge is 0.454 e. The third kappa shape index (κ3) is 4.04. The molecule has 2 amide bonds. The number of carbonyl (C=O) groups excluding carboxylic acids is 2. The smallest absolute Gasteiger partial charge is 0.262 e. The van der Waals surface area contributed by atoms with Crippen molar-refractivity contribution in [3.8, 4) is 11.5 Å². The molecular weight excluding hydrogens is 364 g/mol. The zero-order chi connectivity index (χ0) is 20.2. The van der Waals surface area contributed by atoms with Crippen molar-refractivity contribution in [3.63, 3.8) is 0 Å². The van der Waals surface area contributed by atoms with E-state index >= 15 is 0 Å². The fraction of sp³-hybridized carbons (Fsp3) is 0.333.